The molecule has 5 N–H and O–H groups in total. The number of hydrogen-bond donors (Lipinski definition) is 4. The summed E-state index contributed by atoms with van der Waals surface area (Å²) in [5.74, 6) is -0.919. The molecule has 150 valence electrons. The fourth-order valence-corrected chi connectivity index (χ4v) is 3.25. The fourth-order valence-electron chi connectivity index (χ4n) is 3.25. The second-order valence-electron chi connectivity index (χ2n) is 6.52. The van der Waals surface area contributed by atoms with Crippen LogP contribution in [-0.4, -0.2) is 29.6 Å². The highest BCUT2D eigenvalue weighted by Gasteiger charge is 2.27. The Kier molecular flexibility index (Phi) is 4.81. The molecule has 4 rings (SSSR count). The molecule has 1 aliphatic rings. The van der Waals surface area contributed by atoms with Gasteiger partial charge in [-0.25, -0.2) is 4.79 Å². The summed E-state index contributed by atoms with van der Waals surface area (Å²) < 4.78 is 10.9. The number of hydrogen-bond acceptors (Lipinski definition) is 5. The lowest BCUT2D eigenvalue weighted by atomic mass is 9.93. The van der Waals surface area contributed by atoms with Gasteiger partial charge in [0.15, 0.2) is 11.5 Å². The van der Waals surface area contributed by atoms with E-state index in [-0.39, 0.29) is 29.3 Å². The largest absolute Gasteiger partial charge is 0.478 e. The molecule has 0 aromatic heterocycles. The van der Waals surface area contributed by atoms with Crippen LogP contribution >= 0.6 is 0 Å². The monoisotopic (exact) mass is 403 g/mol. The summed E-state index contributed by atoms with van der Waals surface area (Å²) in [6.07, 6.45) is 0. The van der Waals surface area contributed by atoms with Crippen molar-refractivity contribution in [2.45, 2.75) is 0 Å². The van der Waals surface area contributed by atoms with E-state index in [0.717, 1.165) is 0 Å². The number of nitrogens with two attached hydrogens (primary N) is 1. The van der Waals surface area contributed by atoms with Crippen molar-refractivity contribution in [1.29, 1.82) is 5.41 Å². The van der Waals surface area contributed by atoms with E-state index in [4.69, 9.17) is 20.6 Å². The van der Waals surface area contributed by atoms with Crippen LogP contribution in [0.2, 0.25) is 0 Å². The van der Waals surface area contributed by atoms with Crippen LogP contribution < -0.4 is 20.5 Å². The fraction of sp³-hybridized carbons (Fsp3) is 0.0455. The first-order valence-corrected chi connectivity index (χ1v) is 8.97. The van der Waals surface area contributed by atoms with Gasteiger partial charge in [0.25, 0.3) is 5.91 Å². The molecular formula is C22H17N3O5. The number of ether oxygens (including phenoxy) is 2. The molecule has 0 saturated heterocycles. The van der Waals surface area contributed by atoms with Crippen LogP contribution in [0.4, 0.5) is 5.69 Å². The predicted octanol–water partition coefficient (Wildman–Crippen LogP) is 3.32. The van der Waals surface area contributed by atoms with Gasteiger partial charge in [0.05, 0.1) is 5.56 Å². The lowest BCUT2D eigenvalue weighted by Crippen LogP contribution is -2.15. The van der Waals surface area contributed by atoms with Gasteiger partial charge in [0.1, 0.15) is 5.84 Å². The molecule has 1 aliphatic heterocycles. The van der Waals surface area contributed by atoms with E-state index in [2.05, 4.69) is 5.32 Å². The maximum absolute atomic E-state index is 13.0. The number of fused-ring (bicyclic) bond motifs is 1. The van der Waals surface area contributed by atoms with Crippen molar-refractivity contribution < 1.29 is 24.2 Å². The molecule has 0 saturated carbocycles. The summed E-state index contributed by atoms with van der Waals surface area (Å²) in [4.78, 5) is 24.8. The number of amides is 1. The standard InChI is InChI=1S/C22H17N3O5/c23-20(24)12-5-7-13(8-6-12)25-21(26)15-4-2-1-3-14(15)18-16(22(27)28)9-10-17-19(18)30-11-29-17/h1-10H,11H2,(H3,23,24)(H,25,26)(H,27,28). The molecule has 1 heterocycles. The van der Waals surface area contributed by atoms with Crippen LogP contribution in [0.5, 0.6) is 11.5 Å². The van der Waals surface area contributed by atoms with E-state index in [1.165, 1.54) is 12.1 Å². The molecule has 0 fully saturated rings. The van der Waals surface area contributed by atoms with Gasteiger partial charge >= 0.3 is 5.97 Å². The summed E-state index contributed by atoms with van der Waals surface area (Å²) in [5, 5.41) is 19.9. The maximum Gasteiger partial charge on any atom is 0.336 e. The van der Waals surface area contributed by atoms with E-state index in [1.54, 1.807) is 48.5 Å². The van der Waals surface area contributed by atoms with Gasteiger partial charge in [-0.05, 0) is 48.0 Å². The maximum atomic E-state index is 13.0. The third-order valence-corrected chi connectivity index (χ3v) is 4.66. The average molecular weight is 403 g/mol. The van der Waals surface area contributed by atoms with Gasteiger partial charge in [-0.15, -0.1) is 0 Å². The summed E-state index contributed by atoms with van der Waals surface area (Å²) in [6.45, 7) is -0.0255. The number of nitrogen functional groups attached to an aromatic ring is 1. The zero-order valence-electron chi connectivity index (χ0n) is 15.6. The van der Waals surface area contributed by atoms with E-state index in [1.807, 2.05) is 0 Å². The van der Waals surface area contributed by atoms with Crippen LogP contribution in [-0.2, 0) is 0 Å². The number of carboxylic acid groups (broad SMARTS) is 1. The predicted molar refractivity (Wildman–Crippen MR) is 110 cm³/mol. The van der Waals surface area contributed by atoms with Gasteiger partial charge in [0.2, 0.25) is 6.79 Å². The average Bonchev–Trinajstić information content (AvgIpc) is 3.22. The van der Waals surface area contributed by atoms with Crippen molar-refractivity contribution in [3.8, 4) is 22.6 Å². The van der Waals surface area contributed by atoms with E-state index in [0.29, 0.717) is 28.3 Å². The van der Waals surface area contributed by atoms with Crippen LogP contribution in [0, 0.1) is 5.41 Å². The molecule has 0 unspecified atom stereocenters. The number of carboxylic acids is 1. The second kappa shape index (κ2) is 7.59. The molecule has 0 bridgehead atoms. The molecular weight excluding hydrogens is 386 g/mol. The Morgan fingerprint density at radius 3 is 2.40 bits per heavy atom. The van der Waals surface area contributed by atoms with E-state index in [9.17, 15) is 14.7 Å². The Morgan fingerprint density at radius 2 is 1.70 bits per heavy atom. The highest BCUT2D eigenvalue weighted by Crippen LogP contribution is 2.44. The Morgan fingerprint density at radius 1 is 0.967 bits per heavy atom. The zero-order valence-corrected chi connectivity index (χ0v) is 15.6. The van der Waals surface area contributed by atoms with Crippen LogP contribution in [0.1, 0.15) is 26.3 Å². The molecule has 8 heteroatoms. The van der Waals surface area contributed by atoms with Crippen LogP contribution in [0.3, 0.4) is 0 Å². The van der Waals surface area contributed by atoms with Crippen LogP contribution in [0.15, 0.2) is 60.7 Å². The van der Waals surface area contributed by atoms with Gasteiger partial charge in [-0.1, -0.05) is 18.2 Å². The number of anilines is 1. The van der Waals surface area contributed by atoms with Crippen molar-refractivity contribution >= 4 is 23.4 Å². The SMILES string of the molecule is N=C(N)c1ccc(NC(=O)c2ccccc2-c2c(C(=O)O)ccc3c2OCO3)cc1. The normalized spacial score (nSPS) is 11.7. The second-order valence-corrected chi connectivity index (χ2v) is 6.52. The summed E-state index contributed by atoms with van der Waals surface area (Å²) in [5.41, 5.74) is 7.48. The third-order valence-electron chi connectivity index (χ3n) is 4.66. The lowest BCUT2D eigenvalue weighted by molar-refractivity contribution is 0.0697. The number of amidine groups is 1. The lowest BCUT2D eigenvalue weighted by Gasteiger charge is -2.14. The molecule has 0 atom stereocenters. The Labute approximate surface area is 171 Å². The highest BCUT2D eigenvalue weighted by atomic mass is 16.7. The Hall–Kier alpha value is -4.33. The number of benzene rings is 3. The molecule has 3 aromatic carbocycles. The first kappa shape index (κ1) is 19.0. The number of carbonyl (C=O) groups is 2. The van der Waals surface area contributed by atoms with Crippen molar-refractivity contribution in [3.05, 3.63) is 77.4 Å². The third kappa shape index (κ3) is 3.42. The molecule has 30 heavy (non-hydrogen) atoms. The number of nitrogens with one attached hydrogen (secondary N) is 2. The number of aromatic carboxylic acids is 1. The van der Waals surface area contributed by atoms with Crippen molar-refractivity contribution in [1.82, 2.24) is 0 Å². The zero-order chi connectivity index (χ0) is 21.3. The number of rotatable bonds is 5. The molecule has 0 aliphatic carbocycles. The minimum Gasteiger partial charge on any atom is -0.478 e. The molecule has 0 radical (unpaired) electrons. The molecule has 8 nitrogen and oxygen atoms in total. The smallest absolute Gasteiger partial charge is 0.336 e. The summed E-state index contributed by atoms with van der Waals surface area (Å²) in [6, 6.07) is 16.2. The quantitative estimate of drug-likeness (QED) is 0.381. The molecule has 1 amide bonds. The first-order valence-electron chi connectivity index (χ1n) is 8.97. The van der Waals surface area contributed by atoms with Crippen molar-refractivity contribution in [3.63, 3.8) is 0 Å². The van der Waals surface area contributed by atoms with Gasteiger partial charge in [-0.2, -0.15) is 0 Å². The van der Waals surface area contributed by atoms with Gasteiger partial charge in [-0.3, -0.25) is 10.2 Å². The minimum atomic E-state index is -1.14. The summed E-state index contributed by atoms with van der Waals surface area (Å²) in [7, 11) is 0. The topological polar surface area (TPSA) is 135 Å². The summed E-state index contributed by atoms with van der Waals surface area (Å²) >= 11 is 0. The first-order chi connectivity index (χ1) is 14.5. The van der Waals surface area contributed by atoms with Gasteiger partial charge in [0, 0.05) is 22.4 Å². The van der Waals surface area contributed by atoms with E-state index >= 15 is 0 Å². The van der Waals surface area contributed by atoms with Crippen molar-refractivity contribution in [2.75, 3.05) is 12.1 Å². The number of carbonyl (C=O) groups excluding carboxylic acids is 1. The Balaban J connectivity index is 1.75. The highest BCUT2D eigenvalue weighted by molar-refractivity contribution is 6.11. The minimum absolute atomic E-state index is 0.00492. The van der Waals surface area contributed by atoms with Gasteiger partial charge < -0.3 is 25.6 Å². The molecule has 0 spiro atoms. The van der Waals surface area contributed by atoms with Crippen molar-refractivity contribution in [2.24, 2.45) is 5.73 Å². The van der Waals surface area contributed by atoms with E-state index < -0.39 is 11.9 Å². The van der Waals surface area contributed by atoms with Crippen LogP contribution in [0.25, 0.3) is 11.1 Å². The Bertz CT molecular complexity index is 1170. The molecule has 3 aromatic rings.